The summed E-state index contributed by atoms with van der Waals surface area (Å²) in [5, 5.41) is 3.90. The maximum atomic E-state index is 3.90. The van der Waals surface area contributed by atoms with Crippen LogP contribution in [0.25, 0.3) is 0 Å². The molecule has 1 aliphatic rings. The number of hydrogen-bond donors (Lipinski definition) is 1. The van der Waals surface area contributed by atoms with Crippen LogP contribution >= 0.6 is 0 Å². The molecule has 4 rings (SSSR count). The molecule has 3 aromatic rings. The van der Waals surface area contributed by atoms with Gasteiger partial charge in [-0.15, -0.1) is 0 Å². The van der Waals surface area contributed by atoms with Gasteiger partial charge in [-0.05, 0) is 36.6 Å². The number of nitrogens with zero attached hydrogens (tertiary/aromatic N) is 1. The molecule has 0 saturated carbocycles. The minimum atomic E-state index is -0.0285. The quantitative estimate of drug-likeness (QED) is 0.567. The van der Waals surface area contributed by atoms with E-state index >= 15 is 0 Å². The molecule has 2 heteroatoms. The summed E-state index contributed by atoms with van der Waals surface area (Å²) >= 11 is 0. The third kappa shape index (κ3) is 3.44. The van der Waals surface area contributed by atoms with E-state index in [9.17, 15) is 0 Å². The first kappa shape index (κ1) is 17.7. The molecule has 0 bridgehead atoms. The number of nitrogens with one attached hydrogen (secondary N) is 1. The maximum Gasteiger partial charge on any atom is 0.0774 e. The highest BCUT2D eigenvalue weighted by Crippen LogP contribution is 2.47. The van der Waals surface area contributed by atoms with Crippen LogP contribution in [0.15, 0.2) is 84.9 Å². The highest BCUT2D eigenvalue weighted by molar-refractivity contribution is 5.75. The molecule has 0 saturated heterocycles. The Morgan fingerprint density at radius 3 is 2.19 bits per heavy atom. The van der Waals surface area contributed by atoms with Gasteiger partial charge >= 0.3 is 0 Å². The van der Waals surface area contributed by atoms with Crippen LogP contribution in [0.3, 0.4) is 0 Å². The van der Waals surface area contributed by atoms with Crippen molar-refractivity contribution in [1.29, 1.82) is 0 Å². The Morgan fingerprint density at radius 2 is 1.48 bits per heavy atom. The molecule has 0 aliphatic carbocycles. The second-order valence-corrected chi connectivity index (χ2v) is 7.74. The first-order valence-electron chi connectivity index (χ1n) is 9.94. The molecule has 138 valence electrons. The fourth-order valence-corrected chi connectivity index (χ4v) is 4.55. The van der Waals surface area contributed by atoms with Gasteiger partial charge in [0.1, 0.15) is 0 Å². The normalized spacial score (nSPS) is 21.4. The van der Waals surface area contributed by atoms with E-state index in [1.807, 2.05) is 0 Å². The predicted molar refractivity (Wildman–Crippen MR) is 115 cm³/mol. The summed E-state index contributed by atoms with van der Waals surface area (Å²) in [6.45, 7) is 5.55. The van der Waals surface area contributed by atoms with Crippen LogP contribution in [0.4, 0.5) is 11.4 Å². The van der Waals surface area contributed by atoms with Crippen molar-refractivity contribution in [2.75, 3.05) is 10.2 Å². The number of fused-ring (bicyclic) bond motifs is 1. The van der Waals surface area contributed by atoms with E-state index in [0.29, 0.717) is 0 Å². The zero-order valence-corrected chi connectivity index (χ0v) is 16.2. The zero-order valence-electron chi connectivity index (χ0n) is 16.2. The molecule has 0 radical (unpaired) electrons. The minimum Gasteiger partial charge on any atom is -0.376 e. The van der Waals surface area contributed by atoms with Gasteiger partial charge in [-0.2, -0.15) is 0 Å². The highest BCUT2D eigenvalue weighted by atomic mass is 15.3. The van der Waals surface area contributed by atoms with Crippen LogP contribution in [0.1, 0.15) is 43.9 Å². The lowest BCUT2D eigenvalue weighted by atomic mass is 9.79. The maximum absolute atomic E-state index is 3.90. The largest absolute Gasteiger partial charge is 0.376 e. The summed E-state index contributed by atoms with van der Waals surface area (Å²) in [6, 6.07) is 30.8. The summed E-state index contributed by atoms with van der Waals surface area (Å²) in [5.74, 6) is 0. The molecule has 1 aliphatic heterocycles. The van der Waals surface area contributed by atoms with Crippen LogP contribution in [0.2, 0.25) is 0 Å². The third-order valence-electron chi connectivity index (χ3n) is 5.63. The van der Waals surface area contributed by atoms with E-state index in [2.05, 4.69) is 109 Å². The zero-order chi connectivity index (χ0) is 18.7. The number of rotatable bonds is 5. The predicted octanol–water partition coefficient (Wildman–Crippen LogP) is 6.42. The van der Waals surface area contributed by atoms with E-state index in [4.69, 9.17) is 0 Å². The second kappa shape index (κ2) is 7.48. The SMILES string of the molecule is CCCC1(C)Nc2ccccc2N(Cc2ccccc2)C1c1ccccc1. The van der Waals surface area contributed by atoms with Gasteiger partial charge in [-0.3, -0.25) is 0 Å². The molecule has 2 nitrogen and oxygen atoms in total. The minimum absolute atomic E-state index is 0.0285. The summed E-state index contributed by atoms with van der Waals surface area (Å²) in [5.41, 5.74) is 5.19. The van der Waals surface area contributed by atoms with E-state index in [1.165, 1.54) is 22.5 Å². The Kier molecular flexibility index (Phi) is 4.89. The monoisotopic (exact) mass is 356 g/mol. The smallest absolute Gasteiger partial charge is 0.0774 e. The van der Waals surface area contributed by atoms with Crippen LogP contribution < -0.4 is 10.2 Å². The molecular formula is C25H28N2. The van der Waals surface area contributed by atoms with Crippen molar-refractivity contribution in [3.8, 4) is 0 Å². The lowest BCUT2D eigenvalue weighted by molar-refractivity contribution is 0.353. The number of para-hydroxylation sites is 2. The Labute approximate surface area is 162 Å². The molecule has 0 amide bonds. The van der Waals surface area contributed by atoms with Gasteiger partial charge in [0.05, 0.1) is 23.0 Å². The van der Waals surface area contributed by atoms with Gasteiger partial charge in [0.25, 0.3) is 0 Å². The number of hydrogen-bond acceptors (Lipinski definition) is 2. The van der Waals surface area contributed by atoms with Crippen LogP contribution in [-0.4, -0.2) is 5.54 Å². The van der Waals surface area contributed by atoms with Gasteiger partial charge in [0.2, 0.25) is 0 Å². The van der Waals surface area contributed by atoms with Crippen LogP contribution in [-0.2, 0) is 6.54 Å². The number of anilines is 2. The van der Waals surface area contributed by atoms with E-state index < -0.39 is 0 Å². The molecule has 0 aromatic heterocycles. The lowest BCUT2D eigenvalue weighted by Gasteiger charge is -2.51. The molecule has 0 fully saturated rings. The molecule has 1 heterocycles. The van der Waals surface area contributed by atoms with Gasteiger partial charge in [0, 0.05) is 6.54 Å². The molecule has 2 unspecified atom stereocenters. The van der Waals surface area contributed by atoms with Crippen molar-refractivity contribution in [2.24, 2.45) is 0 Å². The van der Waals surface area contributed by atoms with Gasteiger partial charge in [-0.25, -0.2) is 0 Å². The first-order valence-corrected chi connectivity index (χ1v) is 9.94. The van der Waals surface area contributed by atoms with Crippen molar-refractivity contribution >= 4 is 11.4 Å². The molecule has 0 spiro atoms. The average molecular weight is 357 g/mol. The first-order chi connectivity index (χ1) is 13.2. The van der Waals surface area contributed by atoms with E-state index in [1.54, 1.807) is 0 Å². The van der Waals surface area contributed by atoms with Crippen molar-refractivity contribution in [3.63, 3.8) is 0 Å². The molecule has 27 heavy (non-hydrogen) atoms. The Morgan fingerprint density at radius 1 is 0.852 bits per heavy atom. The topological polar surface area (TPSA) is 15.3 Å². The molecule has 1 N–H and O–H groups in total. The highest BCUT2D eigenvalue weighted by Gasteiger charge is 2.43. The summed E-state index contributed by atoms with van der Waals surface area (Å²) in [6.07, 6.45) is 2.26. The van der Waals surface area contributed by atoms with E-state index in [-0.39, 0.29) is 11.6 Å². The number of benzene rings is 3. The van der Waals surface area contributed by atoms with E-state index in [0.717, 1.165) is 19.4 Å². The Hall–Kier alpha value is -2.74. The summed E-state index contributed by atoms with van der Waals surface area (Å²) < 4.78 is 0. The van der Waals surface area contributed by atoms with Gasteiger partial charge in [-0.1, -0.05) is 86.1 Å². The lowest BCUT2D eigenvalue weighted by Crippen LogP contribution is -2.52. The average Bonchev–Trinajstić information content (AvgIpc) is 2.69. The molecule has 2 atom stereocenters. The second-order valence-electron chi connectivity index (χ2n) is 7.74. The molecular weight excluding hydrogens is 328 g/mol. The standard InChI is InChI=1S/C25H28N2/c1-3-18-25(2)24(21-14-8-5-9-15-21)27(19-20-12-6-4-7-13-20)23-17-11-10-16-22(23)26-25/h4-17,24,26H,3,18-19H2,1-2H3. The van der Waals surface area contributed by atoms with Crippen molar-refractivity contribution in [2.45, 2.75) is 44.8 Å². The Balaban J connectivity index is 1.86. The van der Waals surface area contributed by atoms with Gasteiger partial charge < -0.3 is 10.2 Å². The fraction of sp³-hybridized carbons (Fsp3) is 0.280. The third-order valence-corrected chi connectivity index (χ3v) is 5.63. The summed E-state index contributed by atoms with van der Waals surface area (Å²) in [7, 11) is 0. The van der Waals surface area contributed by atoms with Crippen molar-refractivity contribution < 1.29 is 0 Å². The van der Waals surface area contributed by atoms with Crippen LogP contribution in [0.5, 0.6) is 0 Å². The Bertz CT molecular complexity index is 875. The van der Waals surface area contributed by atoms with Crippen molar-refractivity contribution in [3.05, 3.63) is 96.1 Å². The van der Waals surface area contributed by atoms with Gasteiger partial charge in [0.15, 0.2) is 0 Å². The molecule has 3 aromatic carbocycles. The summed E-state index contributed by atoms with van der Waals surface area (Å²) in [4.78, 5) is 2.59. The fourth-order valence-electron chi connectivity index (χ4n) is 4.55. The van der Waals surface area contributed by atoms with Crippen molar-refractivity contribution in [1.82, 2.24) is 0 Å². The van der Waals surface area contributed by atoms with Crippen LogP contribution in [0, 0.1) is 0 Å².